The maximum Gasteiger partial charge on any atom is 0.125 e. The van der Waals surface area contributed by atoms with E-state index in [0.29, 0.717) is 5.69 Å². The van der Waals surface area contributed by atoms with Crippen molar-refractivity contribution in [3.8, 4) is 0 Å². The molecule has 1 saturated heterocycles. The van der Waals surface area contributed by atoms with Crippen LogP contribution >= 0.6 is 0 Å². The number of aryl methyl sites for hydroxylation is 1. The standard InChI is InChI=1S/C9H15N3O2/c1-12-6-7(10-11-12)9(13)8-4-2-3-5-14-8/h6,8-9,13H,2-5H2,1H3. The van der Waals surface area contributed by atoms with Crippen molar-refractivity contribution in [2.24, 2.45) is 7.05 Å². The molecule has 2 unspecified atom stereocenters. The smallest absolute Gasteiger partial charge is 0.125 e. The van der Waals surface area contributed by atoms with Gasteiger partial charge in [-0.3, -0.25) is 4.68 Å². The zero-order valence-corrected chi connectivity index (χ0v) is 8.26. The molecule has 1 aromatic heterocycles. The number of ether oxygens (including phenoxy) is 1. The van der Waals surface area contributed by atoms with Crippen LogP contribution in [0.25, 0.3) is 0 Å². The molecular formula is C9H15N3O2. The molecule has 0 radical (unpaired) electrons. The predicted molar refractivity (Wildman–Crippen MR) is 49.6 cm³/mol. The van der Waals surface area contributed by atoms with Gasteiger partial charge in [0.05, 0.1) is 12.3 Å². The summed E-state index contributed by atoms with van der Waals surface area (Å²) >= 11 is 0. The molecule has 1 aromatic rings. The van der Waals surface area contributed by atoms with Crippen LogP contribution in [0.3, 0.4) is 0 Å². The Labute approximate surface area is 82.7 Å². The molecule has 2 rings (SSSR count). The average Bonchev–Trinajstić information content (AvgIpc) is 2.65. The highest BCUT2D eigenvalue weighted by molar-refractivity contribution is 5.00. The fraction of sp³-hybridized carbons (Fsp3) is 0.778. The summed E-state index contributed by atoms with van der Waals surface area (Å²) in [5.74, 6) is 0. The van der Waals surface area contributed by atoms with E-state index < -0.39 is 6.10 Å². The number of hydrogen-bond acceptors (Lipinski definition) is 4. The molecule has 2 atom stereocenters. The van der Waals surface area contributed by atoms with Gasteiger partial charge in [0.25, 0.3) is 0 Å². The van der Waals surface area contributed by atoms with Crippen molar-refractivity contribution in [3.05, 3.63) is 11.9 Å². The Morgan fingerprint density at radius 2 is 2.50 bits per heavy atom. The molecule has 5 heteroatoms. The van der Waals surface area contributed by atoms with E-state index >= 15 is 0 Å². The van der Waals surface area contributed by atoms with Crippen LogP contribution in [-0.2, 0) is 11.8 Å². The second-order valence-corrected chi connectivity index (χ2v) is 3.67. The summed E-state index contributed by atoms with van der Waals surface area (Å²) < 4.78 is 7.06. The molecule has 0 bridgehead atoms. The third kappa shape index (κ3) is 1.93. The van der Waals surface area contributed by atoms with Gasteiger partial charge in [-0.25, -0.2) is 0 Å². The van der Waals surface area contributed by atoms with E-state index in [-0.39, 0.29) is 6.10 Å². The predicted octanol–water partition coefficient (Wildman–Crippen LogP) is 0.418. The zero-order valence-electron chi connectivity index (χ0n) is 8.26. The number of aromatic nitrogens is 3. The van der Waals surface area contributed by atoms with Gasteiger partial charge in [-0.1, -0.05) is 5.21 Å². The molecule has 78 valence electrons. The van der Waals surface area contributed by atoms with Gasteiger partial charge in [0.2, 0.25) is 0 Å². The molecule has 0 amide bonds. The summed E-state index contributed by atoms with van der Waals surface area (Å²) in [6, 6.07) is 0. The highest BCUT2D eigenvalue weighted by atomic mass is 16.5. The van der Waals surface area contributed by atoms with Crippen molar-refractivity contribution in [3.63, 3.8) is 0 Å². The molecule has 5 nitrogen and oxygen atoms in total. The molecule has 1 N–H and O–H groups in total. The number of rotatable bonds is 2. The summed E-state index contributed by atoms with van der Waals surface area (Å²) in [7, 11) is 1.78. The number of aliphatic hydroxyl groups is 1. The van der Waals surface area contributed by atoms with E-state index in [0.717, 1.165) is 25.9 Å². The molecule has 0 spiro atoms. The minimum absolute atomic E-state index is 0.111. The van der Waals surface area contributed by atoms with Crippen LogP contribution in [-0.4, -0.2) is 32.8 Å². The average molecular weight is 197 g/mol. The minimum atomic E-state index is -0.635. The van der Waals surface area contributed by atoms with Gasteiger partial charge in [-0.05, 0) is 19.3 Å². The van der Waals surface area contributed by atoms with Gasteiger partial charge >= 0.3 is 0 Å². The number of hydrogen-bond donors (Lipinski definition) is 1. The summed E-state index contributed by atoms with van der Waals surface area (Å²) in [5.41, 5.74) is 0.597. The van der Waals surface area contributed by atoms with Crippen LogP contribution in [0.1, 0.15) is 31.1 Å². The van der Waals surface area contributed by atoms with Gasteiger partial charge in [-0.15, -0.1) is 5.10 Å². The SMILES string of the molecule is Cn1cc(C(O)C2CCCCO2)nn1. The van der Waals surface area contributed by atoms with E-state index in [2.05, 4.69) is 10.3 Å². The Bertz CT molecular complexity index is 294. The van der Waals surface area contributed by atoms with E-state index in [9.17, 15) is 5.11 Å². The maximum absolute atomic E-state index is 9.92. The fourth-order valence-corrected chi connectivity index (χ4v) is 1.71. The Kier molecular flexibility index (Phi) is 2.79. The van der Waals surface area contributed by atoms with Crippen LogP contribution in [0.4, 0.5) is 0 Å². The fourth-order valence-electron chi connectivity index (χ4n) is 1.71. The van der Waals surface area contributed by atoms with E-state index in [1.807, 2.05) is 0 Å². The summed E-state index contributed by atoms with van der Waals surface area (Å²) in [6.07, 6.45) is 4.08. The highest BCUT2D eigenvalue weighted by Gasteiger charge is 2.25. The second-order valence-electron chi connectivity index (χ2n) is 3.67. The summed E-state index contributed by atoms with van der Waals surface area (Å²) in [6.45, 7) is 0.738. The van der Waals surface area contributed by atoms with E-state index in [1.54, 1.807) is 17.9 Å². The van der Waals surface area contributed by atoms with Crippen molar-refractivity contribution >= 4 is 0 Å². The number of aliphatic hydroxyl groups excluding tert-OH is 1. The normalized spacial score (nSPS) is 24.9. The molecule has 2 heterocycles. The Balaban J connectivity index is 2.03. The van der Waals surface area contributed by atoms with Crippen LogP contribution < -0.4 is 0 Å². The minimum Gasteiger partial charge on any atom is -0.384 e. The lowest BCUT2D eigenvalue weighted by atomic mass is 10.0. The molecule has 0 saturated carbocycles. The van der Waals surface area contributed by atoms with Crippen molar-refractivity contribution < 1.29 is 9.84 Å². The van der Waals surface area contributed by atoms with Gasteiger partial charge < -0.3 is 9.84 Å². The zero-order chi connectivity index (χ0) is 9.97. The molecular weight excluding hydrogens is 182 g/mol. The maximum atomic E-state index is 9.92. The second kappa shape index (κ2) is 4.06. The van der Waals surface area contributed by atoms with Crippen LogP contribution in [0.15, 0.2) is 6.20 Å². The molecule has 14 heavy (non-hydrogen) atoms. The van der Waals surface area contributed by atoms with Crippen molar-refractivity contribution in [2.75, 3.05) is 6.61 Å². The number of nitrogens with zero attached hydrogens (tertiary/aromatic N) is 3. The van der Waals surface area contributed by atoms with Crippen molar-refractivity contribution in [1.29, 1.82) is 0 Å². The largest absolute Gasteiger partial charge is 0.384 e. The lowest BCUT2D eigenvalue weighted by Crippen LogP contribution is -2.26. The Hall–Kier alpha value is -0.940. The molecule has 0 aliphatic carbocycles. The first-order valence-electron chi connectivity index (χ1n) is 4.93. The van der Waals surface area contributed by atoms with Crippen LogP contribution in [0.2, 0.25) is 0 Å². The topological polar surface area (TPSA) is 60.2 Å². The third-order valence-electron chi connectivity index (χ3n) is 2.49. The third-order valence-corrected chi connectivity index (χ3v) is 2.49. The van der Waals surface area contributed by atoms with Crippen LogP contribution in [0, 0.1) is 0 Å². The first-order valence-corrected chi connectivity index (χ1v) is 4.93. The summed E-state index contributed by atoms with van der Waals surface area (Å²) in [4.78, 5) is 0. The lowest BCUT2D eigenvalue weighted by molar-refractivity contribution is -0.0648. The van der Waals surface area contributed by atoms with Crippen molar-refractivity contribution in [2.45, 2.75) is 31.5 Å². The van der Waals surface area contributed by atoms with E-state index in [1.165, 1.54) is 0 Å². The first kappa shape index (κ1) is 9.61. The Morgan fingerprint density at radius 3 is 3.07 bits per heavy atom. The van der Waals surface area contributed by atoms with Crippen molar-refractivity contribution in [1.82, 2.24) is 15.0 Å². The first-order chi connectivity index (χ1) is 6.77. The van der Waals surface area contributed by atoms with Gasteiger partial charge in [0, 0.05) is 13.7 Å². The summed E-state index contributed by atoms with van der Waals surface area (Å²) in [5, 5.41) is 17.6. The van der Waals surface area contributed by atoms with Gasteiger partial charge in [-0.2, -0.15) is 0 Å². The molecule has 1 aliphatic heterocycles. The molecule has 0 aromatic carbocycles. The molecule has 1 fully saturated rings. The highest BCUT2D eigenvalue weighted by Crippen LogP contribution is 2.24. The van der Waals surface area contributed by atoms with Gasteiger partial charge in [0.1, 0.15) is 11.8 Å². The van der Waals surface area contributed by atoms with E-state index in [4.69, 9.17) is 4.74 Å². The monoisotopic (exact) mass is 197 g/mol. The van der Waals surface area contributed by atoms with Crippen LogP contribution in [0.5, 0.6) is 0 Å². The Morgan fingerprint density at radius 1 is 1.64 bits per heavy atom. The quantitative estimate of drug-likeness (QED) is 0.746. The molecule has 1 aliphatic rings. The van der Waals surface area contributed by atoms with Gasteiger partial charge in [0.15, 0.2) is 0 Å². The lowest BCUT2D eigenvalue weighted by Gasteiger charge is -2.25.